The Balaban J connectivity index is 1.76. The van der Waals surface area contributed by atoms with Crippen LogP contribution in [0.1, 0.15) is 20.3 Å². The molecule has 1 fully saturated rings. The van der Waals surface area contributed by atoms with E-state index in [9.17, 15) is 9.59 Å². The summed E-state index contributed by atoms with van der Waals surface area (Å²) in [5, 5.41) is 0. The number of anilines is 1. The number of aliphatic imine (C=N–C) groups is 1. The summed E-state index contributed by atoms with van der Waals surface area (Å²) in [5.41, 5.74) is 0.849. The van der Waals surface area contributed by atoms with Crippen LogP contribution < -0.4 is 14.4 Å². The van der Waals surface area contributed by atoms with Crippen molar-refractivity contribution in [1.82, 2.24) is 9.80 Å². The number of nitrogens with zero attached hydrogens (tertiary/aromatic N) is 5. The molecule has 0 radical (unpaired) electrons. The molecule has 0 saturated carbocycles. The number of rotatable bonds is 5. The van der Waals surface area contributed by atoms with Crippen LogP contribution in [-0.4, -0.2) is 85.1 Å². The normalized spacial score (nSPS) is 21.2. The molecule has 160 valence electrons. The van der Waals surface area contributed by atoms with Crippen LogP contribution in [0.2, 0.25) is 0 Å². The molecule has 1 saturated heterocycles. The number of hydrogen-bond acceptors (Lipinski definition) is 6. The number of methoxy groups -OCH3 is 2. The van der Waals surface area contributed by atoms with Gasteiger partial charge < -0.3 is 9.47 Å². The molecule has 3 aliphatic heterocycles. The van der Waals surface area contributed by atoms with Gasteiger partial charge in [0.05, 0.1) is 27.3 Å². The van der Waals surface area contributed by atoms with E-state index in [1.54, 1.807) is 21.3 Å². The van der Waals surface area contributed by atoms with Crippen LogP contribution in [0.3, 0.4) is 0 Å². The van der Waals surface area contributed by atoms with Crippen LogP contribution in [0, 0.1) is 5.92 Å². The molecule has 1 aromatic rings. The first-order valence-corrected chi connectivity index (χ1v) is 10.2. The monoisotopic (exact) mass is 414 g/mol. The van der Waals surface area contributed by atoms with Gasteiger partial charge >= 0.3 is 12.0 Å². The third-order valence-corrected chi connectivity index (χ3v) is 5.64. The molecule has 0 N–H and O–H groups in total. The minimum absolute atomic E-state index is 0.191. The minimum atomic E-state index is -0.575. The number of urea groups is 1. The van der Waals surface area contributed by atoms with Crippen molar-refractivity contribution in [3.8, 4) is 11.5 Å². The van der Waals surface area contributed by atoms with Gasteiger partial charge in [0.25, 0.3) is 5.91 Å². The number of ether oxygens (including phenoxy) is 2. The van der Waals surface area contributed by atoms with E-state index in [2.05, 4.69) is 0 Å². The van der Waals surface area contributed by atoms with Gasteiger partial charge in [-0.3, -0.25) is 14.6 Å². The van der Waals surface area contributed by atoms with Crippen molar-refractivity contribution in [3.63, 3.8) is 0 Å². The molecular formula is C21H28N5O4+. The topological polar surface area (TPSA) is 77.7 Å². The van der Waals surface area contributed by atoms with Crippen molar-refractivity contribution in [2.75, 3.05) is 45.8 Å². The fraction of sp³-hybridized carbons (Fsp3) is 0.524. The fourth-order valence-corrected chi connectivity index (χ4v) is 4.22. The lowest BCUT2D eigenvalue weighted by Gasteiger charge is -2.35. The van der Waals surface area contributed by atoms with Crippen molar-refractivity contribution in [3.05, 3.63) is 18.2 Å². The lowest BCUT2D eigenvalue weighted by atomic mass is 10.1. The second-order valence-electron chi connectivity index (χ2n) is 8.09. The van der Waals surface area contributed by atoms with Crippen molar-refractivity contribution in [2.45, 2.75) is 26.3 Å². The molecular weight excluding hydrogens is 386 g/mol. The van der Waals surface area contributed by atoms with E-state index in [0.29, 0.717) is 36.4 Å². The van der Waals surface area contributed by atoms with Gasteiger partial charge in [0.15, 0.2) is 5.75 Å². The molecule has 3 amide bonds. The van der Waals surface area contributed by atoms with Gasteiger partial charge in [-0.15, -0.1) is 0 Å². The average Bonchev–Trinajstić information content (AvgIpc) is 3.14. The molecule has 9 nitrogen and oxygen atoms in total. The summed E-state index contributed by atoms with van der Waals surface area (Å²) in [7, 11) is 4.91. The van der Waals surface area contributed by atoms with E-state index in [1.807, 2.05) is 41.5 Å². The number of amides is 3. The van der Waals surface area contributed by atoms with Gasteiger partial charge in [-0.25, -0.2) is 14.3 Å². The summed E-state index contributed by atoms with van der Waals surface area (Å²) in [6, 6.07) is 4.73. The number of benzene rings is 1. The predicted octanol–water partition coefficient (Wildman–Crippen LogP) is 1.61. The lowest BCUT2D eigenvalue weighted by molar-refractivity contribution is -0.539. The Morgan fingerprint density at radius 3 is 2.67 bits per heavy atom. The number of amidine groups is 1. The molecule has 3 heterocycles. The molecule has 0 aliphatic carbocycles. The van der Waals surface area contributed by atoms with Crippen molar-refractivity contribution < 1.29 is 23.6 Å². The quantitative estimate of drug-likeness (QED) is 0.684. The molecule has 0 aromatic heterocycles. The third kappa shape index (κ3) is 3.09. The van der Waals surface area contributed by atoms with Gasteiger partial charge in [-0.05, 0) is 18.1 Å². The molecule has 0 spiro atoms. The number of imide groups is 1. The summed E-state index contributed by atoms with van der Waals surface area (Å²) in [6.07, 6.45) is 0.854. The molecule has 9 heteroatoms. The van der Waals surface area contributed by atoms with E-state index in [0.717, 1.165) is 18.7 Å². The predicted molar refractivity (Wildman–Crippen MR) is 113 cm³/mol. The van der Waals surface area contributed by atoms with Crippen LogP contribution >= 0.6 is 0 Å². The van der Waals surface area contributed by atoms with E-state index in [1.165, 1.54) is 9.80 Å². The SMILES string of the molecule is COc1ccc(N2CCC[N+]3=C2N=C2C3C(=O)N(CC(C)C)C(=O)N2C)c(OC)c1. The van der Waals surface area contributed by atoms with E-state index < -0.39 is 6.04 Å². The average molecular weight is 414 g/mol. The van der Waals surface area contributed by atoms with E-state index in [4.69, 9.17) is 14.5 Å². The van der Waals surface area contributed by atoms with Gasteiger partial charge in [0.1, 0.15) is 11.4 Å². The Bertz CT molecular complexity index is 955. The number of carbonyl (C=O) groups excluding carboxylic acids is 2. The summed E-state index contributed by atoms with van der Waals surface area (Å²) in [6.45, 7) is 5.82. The zero-order valence-electron chi connectivity index (χ0n) is 18.1. The summed E-state index contributed by atoms with van der Waals surface area (Å²) < 4.78 is 12.9. The highest BCUT2D eigenvalue weighted by molar-refractivity contribution is 6.24. The van der Waals surface area contributed by atoms with Gasteiger partial charge in [-0.1, -0.05) is 18.8 Å². The minimum Gasteiger partial charge on any atom is -0.497 e. The smallest absolute Gasteiger partial charge is 0.397 e. The van der Waals surface area contributed by atoms with Crippen LogP contribution in [0.4, 0.5) is 10.5 Å². The van der Waals surface area contributed by atoms with Crippen molar-refractivity contribution in [2.24, 2.45) is 10.9 Å². The van der Waals surface area contributed by atoms with Crippen molar-refractivity contribution >= 4 is 29.4 Å². The molecule has 30 heavy (non-hydrogen) atoms. The number of carbonyl (C=O) groups is 2. The summed E-state index contributed by atoms with van der Waals surface area (Å²) in [4.78, 5) is 35.8. The standard InChI is InChI=1S/C21H28N5O4/c1-13(2)12-26-19(27)17-18(23(3)21(26)28)22-20-24(9-6-10-25(17)20)15-8-7-14(29-4)11-16(15)30-5/h7-8,11,13,17H,6,9-10,12H2,1-5H3/q+1. The maximum Gasteiger partial charge on any atom is 0.397 e. The maximum absolute atomic E-state index is 13.3. The number of fused-ring (bicyclic) bond motifs is 2. The highest BCUT2D eigenvalue weighted by Crippen LogP contribution is 2.35. The third-order valence-electron chi connectivity index (χ3n) is 5.64. The largest absolute Gasteiger partial charge is 0.497 e. The number of hydrogen-bond donors (Lipinski definition) is 0. The van der Waals surface area contributed by atoms with Crippen LogP contribution in [0.5, 0.6) is 11.5 Å². The number of guanidine groups is 1. The molecule has 4 rings (SSSR count). The molecule has 0 bridgehead atoms. The van der Waals surface area contributed by atoms with E-state index in [-0.39, 0.29) is 17.9 Å². The first-order chi connectivity index (χ1) is 14.4. The fourth-order valence-electron chi connectivity index (χ4n) is 4.22. The first-order valence-electron chi connectivity index (χ1n) is 10.2. The van der Waals surface area contributed by atoms with Crippen molar-refractivity contribution in [1.29, 1.82) is 0 Å². The Morgan fingerprint density at radius 1 is 1.23 bits per heavy atom. The Hall–Kier alpha value is -3.10. The zero-order chi connectivity index (χ0) is 21.6. The molecule has 1 aromatic carbocycles. The first kappa shape index (κ1) is 20.2. The van der Waals surface area contributed by atoms with E-state index >= 15 is 0 Å². The van der Waals surface area contributed by atoms with Crippen LogP contribution in [-0.2, 0) is 4.79 Å². The molecule has 1 atom stereocenters. The highest BCUT2D eigenvalue weighted by Gasteiger charge is 2.54. The number of likely N-dealkylation sites (N-methyl/N-ethyl adjacent to an activating group) is 1. The van der Waals surface area contributed by atoms with Gasteiger partial charge in [-0.2, -0.15) is 0 Å². The highest BCUT2D eigenvalue weighted by atomic mass is 16.5. The lowest BCUT2D eigenvalue weighted by Crippen LogP contribution is -2.63. The van der Waals surface area contributed by atoms with Crippen LogP contribution in [0.25, 0.3) is 0 Å². The van der Waals surface area contributed by atoms with Gasteiger partial charge in [0, 0.05) is 26.1 Å². The Kier molecular flexibility index (Phi) is 5.13. The molecule has 3 aliphatic rings. The Labute approximate surface area is 176 Å². The maximum atomic E-state index is 13.3. The Morgan fingerprint density at radius 2 is 2.00 bits per heavy atom. The second-order valence-corrected chi connectivity index (χ2v) is 8.09. The summed E-state index contributed by atoms with van der Waals surface area (Å²) >= 11 is 0. The zero-order valence-corrected chi connectivity index (χ0v) is 18.1. The molecule has 1 unspecified atom stereocenters. The van der Waals surface area contributed by atoms with Gasteiger partial charge in [0.2, 0.25) is 11.9 Å². The second kappa shape index (κ2) is 7.62. The van der Waals surface area contributed by atoms with Crippen LogP contribution in [0.15, 0.2) is 23.2 Å². The summed E-state index contributed by atoms with van der Waals surface area (Å²) in [5.74, 6) is 2.50.